The Bertz CT molecular complexity index is 1470. The van der Waals surface area contributed by atoms with E-state index in [4.69, 9.17) is 14.2 Å². The smallest absolute Gasteiger partial charge is 0.306 e. The molecular formula is C66H110O6. The van der Waals surface area contributed by atoms with Crippen molar-refractivity contribution in [2.24, 2.45) is 0 Å². The summed E-state index contributed by atoms with van der Waals surface area (Å²) < 4.78 is 16.8. The lowest BCUT2D eigenvalue weighted by Gasteiger charge is -2.18. The summed E-state index contributed by atoms with van der Waals surface area (Å²) in [5.41, 5.74) is 0. The van der Waals surface area contributed by atoms with Crippen LogP contribution >= 0.6 is 0 Å². The quantitative estimate of drug-likeness (QED) is 0.0261. The van der Waals surface area contributed by atoms with Crippen molar-refractivity contribution in [3.63, 3.8) is 0 Å². The van der Waals surface area contributed by atoms with Crippen LogP contribution in [0.2, 0.25) is 0 Å². The van der Waals surface area contributed by atoms with Crippen molar-refractivity contribution in [3.05, 3.63) is 109 Å². The third-order valence-electron chi connectivity index (χ3n) is 12.5. The van der Waals surface area contributed by atoms with Crippen LogP contribution in [0.3, 0.4) is 0 Å². The molecule has 0 N–H and O–H groups in total. The maximum Gasteiger partial charge on any atom is 0.306 e. The van der Waals surface area contributed by atoms with Crippen molar-refractivity contribution in [2.45, 2.75) is 277 Å². The molecule has 1 atom stereocenters. The molecule has 0 bridgehead atoms. The summed E-state index contributed by atoms with van der Waals surface area (Å²) in [4.78, 5) is 38.1. The molecule has 0 radical (unpaired) electrons. The van der Waals surface area contributed by atoms with Crippen molar-refractivity contribution >= 4 is 17.9 Å². The minimum Gasteiger partial charge on any atom is -0.462 e. The molecule has 0 fully saturated rings. The van der Waals surface area contributed by atoms with E-state index >= 15 is 0 Å². The van der Waals surface area contributed by atoms with E-state index in [0.29, 0.717) is 19.3 Å². The van der Waals surface area contributed by atoms with Gasteiger partial charge in [-0.3, -0.25) is 14.4 Å². The van der Waals surface area contributed by atoms with Crippen LogP contribution in [0.1, 0.15) is 271 Å². The molecule has 0 heterocycles. The lowest BCUT2D eigenvalue weighted by Crippen LogP contribution is -2.30. The van der Waals surface area contributed by atoms with Crippen molar-refractivity contribution in [1.82, 2.24) is 0 Å². The van der Waals surface area contributed by atoms with Crippen LogP contribution in [0.5, 0.6) is 0 Å². The monoisotopic (exact) mass is 999 g/mol. The van der Waals surface area contributed by atoms with Gasteiger partial charge in [-0.15, -0.1) is 0 Å². The van der Waals surface area contributed by atoms with E-state index in [1.807, 2.05) is 0 Å². The lowest BCUT2D eigenvalue weighted by molar-refractivity contribution is -0.167. The largest absolute Gasteiger partial charge is 0.462 e. The first-order valence-corrected chi connectivity index (χ1v) is 29.9. The summed E-state index contributed by atoms with van der Waals surface area (Å²) in [6.07, 6.45) is 81.1. The molecule has 0 spiro atoms. The fourth-order valence-corrected chi connectivity index (χ4v) is 8.07. The third-order valence-corrected chi connectivity index (χ3v) is 12.5. The molecule has 0 aliphatic rings. The number of hydrogen-bond donors (Lipinski definition) is 0. The number of esters is 3. The zero-order chi connectivity index (χ0) is 52.2. The summed E-state index contributed by atoms with van der Waals surface area (Å²) in [6.45, 7) is 6.31. The Hall–Kier alpha value is -3.93. The van der Waals surface area contributed by atoms with Crippen LogP contribution in [0, 0.1) is 0 Å². The topological polar surface area (TPSA) is 78.9 Å². The molecule has 0 aliphatic carbocycles. The molecule has 0 aromatic heterocycles. The average Bonchev–Trinajstić information content (AvgIpc) is 3.38. The number of hydrogen-bond acceptors (Lipinski definition) is 6. The van der Waals surface area contributed by atoms with Gasteiger partial charge in [0.15, 0.2) is 6.10 Å². The summed E-state index contributed by atoms with van der Waals surface area (Å²) in [5.74, 6) is -0.948. The first-order valence-electron chi connectivity index (χ1n) is 29.9. The SMILES string of the molecule is CC/C=C\C/C=C\C/C=C\C/C=C\CCCCCCCCCCCCCCCCCCC(=O)OCC(COC(=O)CCCCCCC/C=C\CCC)OC(=O)CCCC/C=C\C/C=C\C/C=C\C/C=C\CC. The van der Waals surface area contributed by atoms with Gasteiger partial charge in [-0.2, -0.15) is 0 Å². The fraction of sp³-hybridized carbons (Fsp3) is 0.682. The molecule has 6 heteroatoms. The van der Waals surface area contributed by atoms with Gasteiger partial charge in [0.2, 0.25) is 0 Å². The molecule has 410 valence electrons. The van der Waals surface area contributed by atoms with Crippen molar-refractivity contribution in [3.8, 4) is 0 Å². The number of allylic oxidation sites excluding steroid dienone is 18. The molecule has 0 saturated heterocycles. The number of ether oxygens (including phenoxy) is 3. The molecular weight excluding hydrogens is 889 g/mol. The highest BCUT2D eigenvalue weighted by Crippen LogP contribution is 2.16. The van der Waals surface area contributed by atoms with Crippen LogP contribution in [0.15, 0.2) is 109 Å². The molecule has 1 unspecified atom stereocenters. The summed E-state index contributed by atoms with van der Waals surface area (Å²) in [6, 6.07) is 0. The molecule has 6 nitrogen and oxygen atoms in total. The second-order valence-electron chi connectivity index (χ2n) is 19.5. The Morgan fingerprint density at radius 2 is 0.542 bits per heavy atom. The second kappa shape index (κ2) is 59.6. The van der Waals surface area contributed by atoms with Crippen LogP contribution < -0.4 is 0 Å². The Morgan fingerprint density at radius 3 is 0.889 bits per heavy atom. The van der Waals surface area contributed by atoms with Crippen molar-refractivity contribution < 1.29 is 28.6 Å². The van der Waals surface area contributed by atoms with E-state index in [2.05, 4.69) is 130 Å². The fourth-order valence-electron chi connectivity index (χ4n) is 8.07. The van der Waals surface area contributed by atoms with Gasteiger partial charge in [0.1, 0.15) is 13.2 Å². The number of unbranched alkanes of at least 4 members (excludes halogenated alkanes) is 24. The van der Waals surface area contributed by atoms with Gasteiger partial charge >= 0.3 is 17.9 Å². The van der Waals surface area contributed by atoms with Gasteiger partial charge < -0.3 is 14.2 Å². The highest BCUT2D eigenvalue weighted by atomic mass is 16.6. The van der Waals surface area contributed by atoms with Gasteiger partial charge in [-0.25, -0.2) is 0 Å². The Kier molecular flexibility index (Phi) is 56.4. The Balaban J connectivity index is 4.20. The van der Waals surface area contributed by atoms with E-state index < -0.39 is 6.10 Å². The molecule has 0 aromatic rings. The van der Waals surface area contributed by atoms with E-state index in [-0.39, 0.29) is 37.5 Å². The molecule has 0 aromatic carbocycles. The molecule has 0 saturated carbocycles. The van der Waals surface area contributed by atoms with Gasteiger partial charge in [-0.05, 0) is 116 Å². The van der Waals surface area contributed by atoms with Crippen molar-refractivity contribution in [2.75, 3.05) is 13.2 Å². The molecule has 0 rings (SSSR count). The Labute approximate surface area is 444 Å². The number of rotatable bonds is 53. The van der Waals surface area contributed by atoms with Crippen LogP contribution in [-0.4, -0.2) is 37.2 Å². The highest BCUT2D eigenvalue weighted by molar-refractivity contribution is 5.71. The second-order valence-corrected chi connectivity index (χ2v) is 19.5. The summed E-state index contributed by atoms with van der Waals surface area (Å²) in [7, 11) is 0. The first-order chi connectivity index (χ1) is 35.5. The standard InChI is InChI=1S/C66H110O6/c1-4-7-10-13-16-19-22-24-26-27-28-29-30-31-32-33-34-35-36-37-38-39-41-42-44-47-50-53-56-59-65(68)71-62-63(61-70-64(67)58-55-52-49-46-21-18-15-12-9-6-3)72-66(69)60-57-54-51-48-45-43-40-25-23-20-17-14-11-8-5-2/h7-8,10-12,15-17,19-20,24-26,28-29,40,45,48,63H,4-6,9,13-14,18,21-23,27,30-39,41-44,46-47,49-62H2,1-3H3/b10-7-,11-8-,15-12-,19-16-,20-17-,26-24-,29-28-,40-25-,48-45-. The van der Waals surface area contributed by atoms with E-state index in [0.717, 1.165) is 122 Å². The zero-order valence-corrected chi connectivity index (χ0v) is 46.9. The first kappa shape index (κ1) is 68.1. The van der Waals surface area contributed by atoms with Crippen LogP contribution in [-0.2, 0) is 28.6 Å². The summed E-state index contributed by atoms with van der Waals surface area (Å²) >= 11 is 0. The minimum absolute atomic E-state index is 0.0970. The van der Waals surface area contributed by atoms with E-state index in [9.17, 15) is 14.4 Å². The summed E-state index contributed by atoms with van der Waals surface area (Å²) in [5, 5.41) is 0. The van der Waals surface area contributed by atoms with Crippen molar-refractivity contribution in [1.29, 1.82) is 0 Å². The van der Waals surface area contributed by atoms with Gasteiger partial charge in [-0.1, -0.05) is 246 Å². The maximum absolute atomic E-state index is 12.8. The normalized spacial score (nSPS) is 12.9. The van der Waals surface area contributed by atoms with Crippen LogP contribution in [0.25, 0.3) is 0 Å². The van der Waals surface area contributed by atoms with E-state index in [1.165, 1.54) is 103 Å². The number of carbonyl (C=O) groups is 3. The third kappa shape index (κ3) is 57.0. The maximum atomic E-state index is 12.8. The van der Waals surface area contributed by atoms with Crippen LogP contribution in [0.4, 0.5) is 0 Å². The molecule has 0 aliphatic heterocycles. The predicted molar refractivity (Wildman–Crippen MR) is 311 cm³/mol. The average molecular weight is 1000 g/mol. The molecule has 72 heavy (non-hydrogen) atoms. The van der Waals surface area contributed by atoms with Gasteiger partial charge in [0, 0.05) is 19.3 Å². The highest BCUT2D eigenvalue weighted by Gasteiger charge is 2.19. The number of carbonyl (C=O) groups excluding carboxylic acids is 3. The minimum atomic E-state index is -0.803. The van der Waals surface area contributed by atoms with E-state index in [1.54, 1.807) is 0 Å². The zero-order valence-electron chi connectivity index (χ0n) is 46.9. The molecule has 0 amide bonds. The predicted octanol–water partition coefficient (Wildman–Crippen LogP) is 20.3. The lowest BCUT2D eigenvalue weighted by atomic mass is 10.0. The van der Waals surface area contributed by atoms with Gasteiger partial charge in [0.25, 0.3) is 0 Å². The Morgan fingerprint density at radius 1 is 0.292 bits per heavy atom. The van der Waals surface area contributed by atoms with Gasteiger partial charge in [0.05, 0.1) is 0 Å².